The van der Waals surface area contributed by atoms with E-state index in [1.807, 2.05) is 0 Å². The van der Waals surface area contributed by atoms with Crippen molar-refractivity contribution in [2.24, 2.45) is 10.7 Å². The minimum atomic E-state index is -0.795. The van der Waals surface area contributed by atoms with E-state index >= 15 is 0 Å². The summed E-state index contributed by atoms with van der Waals surface area (Å²) < 4.78 is 5.25. The van der Waals surface area contributed by atoms with E-state index < -0.39 is 22.3 Å². The summed E-state index contributed by atoms with van der Waals surface area (Å²) in [6, 6.07) is 6.83. The third-order valence-electron chi connectivity index (χ3n) is 2.84. The molecule has 0 aromatic heterocycles. The number of amides is 1. The molecule has 0 saturated heterocycles. The van der Waals surface area contributed by atoms with Gasteiger partial charge in [0, 0.05) is 0 Å². The number of nitrogens with one attached hydrogen (secondary N) is 2. The Morgan fingerprint density at radius 1 is 1.29 bits per heavy atom. The lowest BCUT2D eigenvalue weighted by Crippen LogP contribution is -2.43. The summed E-state index contributed by atoms with van der Waals surface area (Å²) in [4.78, 5) is 26.2. The number of nitro groups is 1. The topological polar surface area (TPSA) is 132 Å². The molecule has 0 heterocycles. The molecule has 4 N–H and O–H groups in total. The highest BCUT2D eigenvalue weighted by molar-refractivity contribution is 5.79. The Labute approximate surface area is 140 Å². The molecule has 0 saturated carbocycles. The Kier molecular flexibility index (Phi) is 5.73. The molecule has 9 nitrogen and oxygen atoms in total. The van der Waals surface area contributed by atoms with Gasteiger partial charge in [-0.1, -0.05) is 17.6 Å². The number of ether oxygens (including phenoxy) is 1. The van der Waals surface area contributed by atoms with Gasteiger partial charge in [-0.05, 0) is 52.3 Å². The highest BCUT2D eigenvalue weighted by Crippen LogP contribution is 2.25. The lowest BCUT2D eigenvalue weighted by Gasteiger charge is -2.29. The summed E-state index contributed by atoms with van der Waals surface area (Å²) in [7, 11) is 0. The summed E-state index contributed by atoms with van der Waals surface area (Å²) in [5, 5.41) is 12.3. The zero-order valence-electron chi connectivity index (χ0n) is 14.4. The molecule has 1 aromatic rings. The van der Waals surface area contributed by atoms with Crippen molar-refractivity contribution >= 4 is 17.7 Å². The Bertz CT molecular complexity index is 650. The summed E-state index contributed by atoms with van der Waals surface area (Å²) in [5.41, 5.74) is 7.01. The van der Waals surface area contributed by atoms with Gasteiger partial charge >= 0.3 is 6.09 Å². The molecular weight excluding hydrogens is 314 g/mol. The van der Waals surface area contributed by atoms with Gasteiger partial charge in [-0.25, -0.2) is 19.9 Å². The van der Waals surface area contributed by atoms with E-state index in [4.69, 9.17) is 10.5 Å². The van der Waals surface area contributed by atoms with E-state index in [0.29, 0.717) is 5.69 Å². The summed E-state index contributed by atoms with van der Waals surface area (Å²) >= 11 is 0. The zero-order valence-corrected chi connectivity index (χ0v) is 14.4. The van der Waals surface area contributed by atoms with E-state index in [1.54, 1.807) is 64.3 Å². The molecule has 9 heteroatoms. The molecule has 0 spiro atoms. The molecule has 0 aliphatic heterocycles. The van der Waals surface area contributed by atoms with Gasteiger partial charge in [-0.3, -0.25) is 0 Å². The molecule has 0 fully saturated rings. The van der Waals surface area contributed by atoms with Gasteiger partial charge in [0.25, 0.3) is 5.96 Å². The number of carbonyl (C=O) groups excluding carboxylic acids is 1. The second-order valence-electron chi connectivity index (χ2n) is 6.67. The third-order valence-corrected chi connectivity index (χ3v) is 2.84. The SMILES string of the molecule is CC(C)(C)OC(=O)NC(C)(C)c1cccc(N=C(N)N[N+](=O)[O-])c1. The number of alkyl carbamates (subject to hydrolysis) is 1. The highest BCUT2D eigenvalue weighted by Gasteiger charge is 2.26. The summed E-state index contributed by atoms with van der Waals surface area (Å²) in [5.74, 6) is -0.338. The molecule has 0 aliphatic carbocycles. The van der Waals surface area contributed by atoms with Crippen LogP contribution in [0.3, 0.4) is 0 Å². The van der Waals surface area contributed by atoms with Crippen LogP contribution >= 0.6 is 0 Å². The first kappa shape index (κ1) is 19.2. The average molecular weight is 337 g/mol. The van der Waals surface area contributed by atoms with E-state index in [1.165, 1.54) is 0 Å². The monoisotopic (exact) mass is 337 g/mol. The van der Waals surface area contributed by atoms with Crippen LogP contribution in [0, 0.1) is 10.1 Å². The Balaban J connectivity index is 2.94. The number of hydrogen-bond donors (Lipinski definition) is 3. The summed E-state index contributed by atoms with van der Waals surface area (Å²) in [6.45, 7) is 8.94. The fourth-order valence-corrected chi connectivity index (χ4v) is 1.85. The number of aliphatic imine (C=N–C) groups is 1. The number of carbonyl (C=O) groups is 1. The first-order chi connectivity index (χ1) is 10.9. The highest BCUT2D eigenvalue weighted by atomic mass is 16.7. The smallest absolute Gasteiger partial charge is 0.408 e. The standard InChI is InChI=1S/C15H23N5O4/c1-14(2,3)24-13(21)18-15(4,5)10-7-6-8-11(9-10)17-12(16)19-20(22)23/h6-9H,1-5H3,(H,18,21)(H3,16,17,19). The van der Waals surface area contributed by atoms with Gasteiger partial charge in [0.2, 0.25) is 0 Å². The van der Waals surface area contributed by atoms with Crippen molar-refractivity contribution in [1.29, 1.82) is 0 Å². The first-order valence-electron chi connectivity index (χ1n) is 7.26. The number of guanidine groups is 1. The largest absolute Gasteiger partial charge is 0.444 e. The Morgan fingerprint density at radius 3 is 2.46 bits per heavy atom. The fourth-order valence-electron chi connectivity index (χ4n) is 1.85. The molecule has 132 valence electrons. The fraction of sp³-hybridized carbons (Fsp3) is 0.467. The molecule has 0 atom stereocenters. The molecule has 1 rings (SSSR count). The van der Waals surface area contributed by atoms with Gasteiger partial charge in [-0.15, -0.1) is 0 Å². The molecule has 0 bridgehead atoms. The number of nitrogens with zero attached hydrogens (tertiary/aromatic N) is 2. The molecule has 0 radical (unpaired) electrons. The van der Waals surface area contributed by atoms with Crippen LogP contribution in [0.2, 0.25) is 0 Å². The maximum Gasteiger partial charge on any atom is 0.408 e. The second kappa shape index (κ2) is 7.16. The number of benzene rings is 1. The van der Waals surface area contributed by atoms with Crippen LogP contribution in [0.25, 0.3) is 0 Å². The van der Waals surface area contributed by atoms with Crippen molar-refractivity contribution in [3.8, 4) is 0 Å². The van der Waals surface area contributed by atoms with Gasteiger partial charge in [0.15, 0.2) is 5.03 Å². The van der Waals surface area contributed by atoms with Crippen LogP contribution in [0.5, 0.6) is 0 Å². The van der Waals surface area contributed by atoms with Crippen LogP contribution in [0.1, 0.15) is 40.2 Å². The van der Waals surface area contributed by atoms with Crippen molar-refractivity contribution in [2.45, 2.75) is 45.8 Å². The zero-order chi connectivity index (χ0) is 18.5. The molecular formula is C15H23N5O4. The molecule has 1 amide bonds. The van der Waals surface area contributed by atoms with Crippen molar-refractivity contribution in [2.75, 3.05) is 0 Å². The number of hydrogen-bond acceptors (Lipinski definition) is 5. The van der Waals surface area contributed by atoms with E-state index in [9.17, 15) is 14.9 Å². The maximum atomic E-state index is 12.0. The van der Waals surface area contributed by atoms with Crippen molar-refractivity contribution in [3.63, 3.8) is 0 Å². The first-order valence-corrected chi connectivity index (χ1v) is 7.26. The van der Waals surface area contributed by atoms with Crippen molar-refractivity contribution < 1.29 is 14.6 Å². The number of rotatable bonds is 4. The minimum absolute atomic E-state index is 0.338. The summed E-state index contributed by atoms with van der Waals surface area (Å²) in [6.07, 6.45) is -0.545. The van der Waals surface area contributed by atoms with Gasteiger partial charge in [0.05, 0.1) is 11.2 Å². The average Bonchev–Trinajstić information content (AvgIpc) is 2.34. The van der Waals surface area contributed by atoms with Crippen molar-refractivity contribution in [3.05, 3.63) is 39.9 Å². The minimum Gasteiger partial charge on any atom is -0.444 e. The van der Waals surface area contributed by atoms with E-state index in [-0.39, 0.29) is 5.96 Å². The van der Waals surface area contributed by atoms with Gasteiger partial charge in [-0.2, -0.15) is 0 Å². The molecule has 0 unspecified atom stereocenters. The van der Waals surface area contributed by atoms with Gasteiger partial charge < -0.3 is 15.8 Å². The Morgan fingerprint density at radius 2 is 1.92 bits per heavy atom. The molecule has 0 aliphatic rings. The van der Waals surface area contributed by atoms with Crippen LogP contribution < -0.4 is 16.5 Å². The lowest BCUT2D eigenvalue weighted by atomic mass is 9.94. The van der Waals surface area contributed by atoms with Crippen LogP contribution in [-0.2, 0) is 10.3 Å². The third kappa shape index (κ3) is 6.51. The maximum absolute atomic E-state index is 12.0. The number of hydrazine groups is 1. The van der Waals surface area contributed by atoms with Crippen LogP contribution in [-0.4, -0.2) is 22.7 Å². The Hall–Kier alpha value is -2.84. The van der Waals surface area contributed by atoms with Crippen LogP contribution in [0.4, 0.5) is 10.5 Å². The predicted molar refractivity (Wildman–Crippen MR) is 90.3 cm³/mol. The quantitative estimate of drug-likeness (QED) is 0.334. The predicted octanol–water partition coefficient (Wildman–Crippen LogP) is 2.17. The van der Waals surface area contributed by atoms with Crippen LogP contribution in [0.15, 0.2) is 29.3 Å². The van der Waals surface area contributed by atoms with E-state index in [2.05, 4.69) is 10.3 Å². The molecule has 24 heavy (non-hydrogen) atoms. The second-order valence-corrected chi connectivity index (χ2v) is 6.67. The van der Waals surface area contributed by atoms with Gasteiger partial charge in [0.1, 0.15) is 5.60 Å². The van der Waals surface area contributed by atoms with E-state index in [0.717, 1.165) is 5.56 Å². The molecule has 1 aromatic carbocycles. The number of nitrogens with two attached hydrogens (primary N) is 1. The van der Waals surface area contributed by atoms with Crippen molar-refractivity contribution in [1.82, 2.24) is 10.7 Å². The lowest BCUT2D eigenvalue weighted by molar-refractivity contribution is -0.525. The normalized spacial score (nSPS) is 12.5.